The number of benzene rings is 1. The molecule has 0 radical (unpaired) electrons. The summed E-state index contributed by atoms with van der Waals surface area (Å²) in [5, 5.41) is 0. The molecule has 1 aliphatic heterocycles. The minimum absolute atomic E-state index is 0.127. The molecule has 0 amide bonds. The Morgan fingerprint density at radius 3 is 2.80 bits per heavy atom. The lowest BCUT2D eigenvalue weighted by atomic mass is 9.90. The summed E-state index contributed by atoms with van der Waals surface area (Å²) in [6, 6.07) is 5.04. The Morgan fingerprint density at radius 2 is 2.15 bits per heavy atom. The highest BCUT2D eigenvalue weighted by atomic mass is 32.2. The Kier molecular flexibility index (Phi) is 3.97. The van der Waals surface area contributed by atoms with E-state index < -0.39 is 15.6 Å². The van der Waals surface area contributed by atoms with Crippen LogP contribution in [-0.4, -0.2) is 19.8 Å². The Hall–Kier alpha value is -1.27. The van der Waals surface area contributed by atoms with E-state index in [1.807, 2.05) is 20.8 Å². The lowest BCUT2D eigenvalue weighted by Crippen LogP contribution is -2.41. The molecular weight excluding hydrogens is 276 g/mol. The molecule has 1 aromatic carbocycles. The van der Waals surface area contributed by atoms with E-state index in [1.165, 1.54) is 0 Å². The van der Waals surface area contributed by atoms with E-state index in [9.17, 15) is 8.42 Å². The molecule has 1 heterocycles. The summed E-state index contributed by atoms with van der Waals surface area (Å²) >= 11 is 0. The highest BCUT2D eigenvalue weighted by Gasteiger charge is 2.35. The van der Waals surface area contributed by atoms with Crippen LogP contribution in [0.4, 0.5) is 5.69 Å². The second-order valence-electron chi connectivity index (χ2n) is 5.85. The van der Waals surface area contributed by atoms with Gasteiger partial charge in [0.1, 0.15) is 11.4 Å². The van der Waals surface area contributed by atoms with Crippen molar-refractivity contribution in [2.24, 2.45) is 0 Å². The number of anilines is 1. The minimum Gasteiger partial charge on any atom is -0.487 e. The quantitative estimate of drug-likeness (QED) is 0.835. The molecular formula is C14H22N2O3S. The molecule has 0 saturated heterocycles. The molecule has 0 aromatic heterocycles. The van der Waals surface area contributed by atoms with Crippen molar-refractivity contribution in [1.82, 2.24) is 4.72 Å². The van der Waals surface area contributed by atoms with Crippen molar-refractivity contribution in [3.63, 3.8) is 0 Å². The van der Waals surface area contributed by atoms with Crippen LogP contribution < -0.4 is 15.2 Å². The van der Waals surface area contributed by atoms with Crippen LogP contribution >= 0.6 is 0 Å². The van der Waals surface area contributed by atoms with Crippen molar-refractivity contribution in [1.29, 1.82) is 0 Å². The summed E-state index contributed by atoms with van der Waals surface area (Å²) in [4.78, 5) is 0. The Morgan fingerprint density at radius 1 is 1.45 bits per heavy atom. The van der Waals surface area contributed by atoms with Gasteiger partial charge in [0.15, 0.2) is 0 Å². The van der Waals surface area contributed by atoms with Gasteiger partial charge < -0.3 is 10.5 Å². The third kappa shape index (κ3) is 3.43. The second kappa shape index (κ2) is 5.26. The highest BCUT2D eigenvalue weighted by Crippen LogP contribution is 2.40. The molecule has 0 spiro atoms. The first-order chi connectivity index (χ1) is 9.22. The van der Waals surface area contributed by atoms with E-state index in [4.69, 9.17) is 10.5 Å². The van der Waals surface area contributed by atoms with Gasteiger partial charge in [-0.25, -0.2) is 13.1 Å². The fourth-order valence-corrected chi connectivity index (χ4v) is 3.82. The molecule has 1 unspecified atom stereocenters. The third-order valence-corrected chi connectivity index (χ3v) is 4.88. The van der Waals surface area contributed by atoms with E-state index in [2.05, 4.69) is 4.72 Å². The van der Waals surface area contributed by atoms with Gasteiger partial charge in [0.25, 0.3) is 0 Å². The topological polar surface area (TPSA) is 81.4 Å². The van der Waals surface area contributed by atoms with Gasteiger partial charge in [0, 0.05) is 17.7 Å². The van der Waals surface area contributed by atoms with Gasteiger partial charge in [-0.05, 0) is 38.5 Å². The van der Waals surface area contributed by atoms with Crippen LogP contribution in [0.1, 0.15) is 45.2 Å². The van der Waals surface area contributed by atoms with Gasteiger partial charge >= 0.3 is 0 Å². The van der Waals surface area contributed by atoms with Crippen LogP contribution in [0, 0.1) is 0 Å². The number of fused-ring (bicyclic) bond motifs is 1. The molecule has 112 valence electrons. The Labute approximate surface area is 120 Å². The van der Waals surface area contributed by atoms with Crippen molar-refractivity contribution in [2.45, 2.75) is 45.3 Å². The number of nitrogens with two attached hydrogens (primary N) is 1. The van der Waals surface area contributed by atoms with Crippen molar-refractivity contribution in [3.8, 4) is 5.75 Å². The lowest BCUT2D eigenvalue weighted by Gasteiger charge is -2.37. The fraction of sp³-hybridized carbons (Fsp3) is 0.571. The number of nitrogen functional groups attached to an aromatic ring is 1. The Bertz CT molecular complexity index is 596. The van der Waals surface area contributed by atoms with Gasteiger partial charge in [-0.1, -0.05) is 6.92 Å². The summed E-state index contributed by atoms with van der Waals surface area (Å²) in [6.07, 6.45) is 1.16. The number of rotatable bonds is 4. The van der Waals surface area contributed by atoms with E-state index in [1.54, 1.807) is 18.2 Å². The van der Waals surface area contributed by atoms with Gasteiger partial charge in [0.2, 0.25) is 10.0 Å². The van der Waals surface area contributed by atoms with E-state index >= 15 is 0 Å². The predicted octanol–water partition coefficient (Wildman–Crippen LogP) is 2.20. The molecule has 0 fully saturated rings. The molecule has 0 saturated carbocycles. The largest absolute Gasteiger partial charge is 0.487 e. The average Bonchev–Trinajstić information content (AvgIpc) is 2.28. The number of sulfonamides is 1. The maximum absolute atomic E-state index is 12.0. The summed E-state index contributed by atoms with van der Waals surface area (Å²) in [6.45, 7) is 5.75. The molecule has 0 aliphatic carbocycles. The number of nitrogens with one attached hydrogen (secondary N) is 1. The third-order valence-electron chi connectivity index (χ3n) is 3.29. The van der Waals surface area contributed by atoms with Crippen molar-refractivity contribution >= 4 is 15.7 Å². The molecule has 5 nitrogen and oxygen atoms in total. The summed E-state index contributed by atoms with van der Waals surface area (Å²) in [7, 11) is -3.28. The number of hydrogen-bond acceptors (Lipinski definition) is 4. The second-order valence-corrected chi connectivity index (χ2v) is 7.73. The SMILES string of the molecule is CCCS(=O)(=O)NC1CC(C)(C)Oc2ccc(N)cc21. The van der Waals surface area contributed by atoms with Crippen molar-refractivity contribution < 1.29 is 13.2 Å². The first-order valence-electron chi connectivity index (χ1n) is 6.81. The van der Waals surface area contributed by atoms with E-state index in [0.29, 0.717) is 24.3 Å². The zero-order valence-corrected chi connectivity index (χ0v) is 13.0. The minimum atomic E-state index is -3.28. The van der Waals surface area contributed by atoms with Gasteiger partial charge in [-0.15, -0.1) is 0 Å². The molecule has 0 bridgehead atoms. The lowest BCUT2D eigenvalue weighted by molar-refractivity contribution is 0.0702. The summed E-state index contributed by atoms with van der Waals surface area (Å²) in [5.41, 5.74) is 6.80. The Balaban J connectivity index is 2.36. The number of hydrogen-bond donors (Lipinski definition) is 2. The van der Waals surface area contributed by atoms with Crippen LogP contribution in [0.15, 0.2) is 18.2 Å². The molecule has 2 rings (SSSR count). The molecule has 3 N–H and O–H groups in total. The van der Waals surface area contributed by atoms with Gasteiger partial charge in [-0.2, -0.15) is 0 Å². The van der Waals surface area contributed by atoms with Crippen LogP contribution in [0.25, 0.3) is 0 Å². The van der Waals surface area contributed by atoms with Crippen molar-refractivity contribution in [2.75, 3.05) is 11.5 Å². The van der Waals surface area contributed by atoms with Crippen LogP contribution in [0.2, 0.25) is 0 Å². The summed E-state index contributed by atoms with van der Waals surface area (Å²) in [5.74, 6) is 0.822. The molecule has 6 heteroatoms. The zero-order valence-electron chi connectivity index (χ0n) is 12.1. The smallest absolute Gasteiger partial charge is 0.212 e. The predicted molar refractivity (Wildman–Crippen MR) is 80.1 cm³/mol. The molecule has 1 atom stereocenters. The maximum atomic E-state index is 12.0. The monoisotopic (exact) mass is 298 g/mol. The first-order valence-corrected chi connectivity index (χ1v) is 8.46. The average molecular weight is 298 g/mol. The number of ether oxygens (including phenoxy) is 1. The highest BCUT2D eigenvalue weighted by molar-refractivity contribution is 7.89. The summed E-state index contributed by atoms with van der Waals surface area (Å²) < 4.78 is 32.7. The standard InChI is InChI=1S/C14H22N2O3S/c1-4-7-20(17,18)16-12-9-14(2,3)19-13-6-5-10(15)8-11(12)13/h5-6,8,12,16H,4,7,9,15H2,1-3H3. The van der Waals surface area contributed by atoms with E-state index in [-0.39, 0.29) is 11.8 Å². The van der Waals surface area contributed by atoms with Crippen molar-refractivity contribution in [3.05, 3.63) is 23.8 Å². The molecule has 20 heavy (non-hydrogen) atoms. The van der Waals surface area contributed by atoms with Crippen LogP contribution in [0.5, 0.6) is 5.75 Å². The zero-order chi connectivity index (χ0) is 15.0. The first kappa shape index (κ1) is 15.1. The molecule has 1 aliphatic rings. The normalized spacial score (nSPS) is 21.1. The molecule has 1 aromatic rings. The van der Waals surface area contributed by atoms with Gasteiger partial charge in [0.05, 0.1) is 11.8 Å². The van der Waals surface area contributed by atoms with Crippen LogP contribution in [0.3, 0.4) is 0 Å². The van der Waals surface area contributed by atoms with Gasteiger partial charge in [-0.3, -0.25) is 0 Å². The van der Waals surface area contributed by atoms with Crippen LogP contribution in [-0.2, 0) is 10.0 Å². The maximum Gasteiger partial charge on any atom is 0.212 e. The van der Waals surface area contributed by atoms with E-state index in [0.717, 1.165) is 5.56 Å². The fourth-order valence-electron chi connectivity index (χ4n) is 2.52.